The third-order valence-corrected chi connectivity index (χ3v) is 3.60. The SMILES string of the molecule is O=[P+]([O-])S[P+](=O)[O-].[Li].[Sn]. The van der Waals surface area contributed by atoms with Gasteiger partial charge in [0.25, 0.3) is 0 Å². The fourth-order valence-corrected chi connectivity index (χ4v) is 1.47. The molecule has 0 aromatic rings. The number of hydrogen-bond donors (Lipinski definition) is 0. The molecule has 0 aliphatic heterocycles. The fourth-order valence-electron chi connectivity index (χ4n) is 0.0544. The maximum absolute atomic E-state index is 9.43. The normalized spacial score (nSPS) is 10.4. The van der Waals surface area contributed by atoms with Crippen LogP contribution in [0.5, 0.6) is 0 Å². The van der Waals surface area contributed by atoms with Gasteiger partial charge in [-0.1, -0.05) is 9.13 Å². The van der Waals surface area contributed by atoms with Gasteiger partial charge in [-0.15, -0.1) is 0 Å². The summed E-state index contributed by atoms with van der Waals surface area (Å²) < 4.78 is 18.9. The molecule has 0 rings (SSSR count). The van der Waals surface area contributed by atoms with Crippen molar-refractivity contribution < 1.29 is 18.9 Å². The molecule has 2 unspecified atom stereocenters. The summed E-state index contributed by atoms with van der Waals surface area (Å²) in [5, 5.41) is 0. The van der Waals surface area contributed by atoms with Gasteiger partial charge in [0.05, 0.1) is 0 Å². The first-order chi connectivity index (χ1) is 3.13. The van der Waals surface area contributed by atoms with Gasteiger partial charge in [-0.2, -0.15) is 0 Å². The molecule has 0 N–H and O–H groups in total. The molecular weight excluding hydrogens is 284 g/mol. The first-order valence-electron chi connectivity index (χ1n) is 1.10. The Morgan fingerprint density at radius 1 is 1.11 bits per heavy atom. The van der Waals surface area contributed by atoms with Gasteiger partial charge in [0.15, 0.2) is 0 Å². The molecule has 4 nitrogen and oxygen atoms in total. The predicted octanol–water partition coefficient (Wildman–Crippen LogP) is -1.01. The van der Waals surface area contributed by atoms with Crippen molar-refractivity contribution in [3.8, 4) is 0 Å². The average Bonchev–Trinajstić information content (AvgIpc) is 1.27. The van der Waals surface area contributed by atoms with Gasteiger partial charge in [-0.25, -0.2) is 0 Å². The van der Waals surface area contributed by atoms with Crippen molar-refractivity contribution in [2.45, 2.75) is 0 Å². The van der Waals surface area contributed by atoms with E-state index < -0.39 is 14.5 Å². The smallest absolute Gasteiger partial charge is 0.438 e. The molecule has 0 saturated carbocycles. The zero-order chi connectivity index (χ0) is 5.86. The van der Waals surface area contributed by atoms with E-state index in [1.54, 1.807) is 0 Å². The van der Waals surface area contributed by atoms with E-state index in [1.807, 2.05) is 0 Å². The van der Waals surface area contributed by atoms with Crippen LogP contribution in [0.1, 0.15) is 0 Å². The summed E-state index contributed by atoms with van der Waals surface area (Å²) in [6.45, 7) is 0. The minimum atomic E-state index is -2.82. The monoisotopic (exact) mass is 285 g/mol. The number of hydrogen-bond acceptors (Lipinski definition) is 5. The third-order valence-electron chi connectivity index (χ3n) is 0.133. The van der Waals surface area contributed by atoms with Gasteiger partial charge in [0.1, 0.15) is 0 Å². The van der Waals surface area contributed by atoms with Crippen molar-refractivity contribution in [3.63, 3.8) is 0 Å². The van der Waals surface area contributed by atoms with Gasteiger partial charge in [-0.05, 0) is 0 Å². The Hall–Kier alpha value is 1.87. The van der Waals surface area contributed by atoms with E-state index in [4.69, 9.17) is 0 Å². The van der Waals surface area contributed by atoms with Crippen molar-refractivity contribution in [3.05, 3.63) is 0 Å². The second-order valence-corrected chi connectivity index (χ2v) is 5.34. The minimum absolute atomic E-state index is 0. The molecule has 0 heterocycles. The molecule has 45 valence electrons. The Balaban J connectivity index is -0.000000180. The van der Waals surface area contributed by atoms with Crippen LogP contribution >= 0.6 is 25.5 Å². The largest absolute Gasteiger partial charge is 0.581 e. The first-order valence-corrected chi connectivity index (χ1v) is 5.48. The number of rotatable bonds is 2. The van der Waals surface area contributed by atoms with Crippen molar-refractivity contribution in [2.75, 3.05) is 0 Å². The minimum Gasteiger partial charge on any atom is -0.581 e. The third kappa shape index (κ3) is 17.7. The van der Waals surface area contributed by atoms with Crippen LogP contribution in [0.25, 0.3) is 0 Å². The van der Waals surface area contributed by atoms with Crippen LogP contribution in [-0.2, 0) is 9.13 Å². The molecule has 0 aliphatic carbocycles. The molecule has 2 atom stereocenters. The second kappa shape index (κ2) is 9.87. The molecular formula is LiO4P2SSn. The maximum Gasteiger partial charge on any atom is 0.438 e. The maximum atomic E-state index is 9.43. The van der Waals surface area contributed by atoms with Crippen molar-refractivity contribution in [2.24, 2.45) is 0 Å². The van der Waals surface area contributed by atoms with E-state index in [1.165, 1.54) is 0 Å². The predicted molar refractivity (Wildman–Crippen MR) is 34.3 cm³/mol. The Morgan fingerprint density at radius 3 is 1.33 bits per heavy atom. The molecule has 0 aromatic heterocycles. The summed E-state index contributed by atoms with van der Waals surface area (Å²) in [6, 6.07) is 0. The Kier molecular flexibility index (Phi) is 18.7. The van der Waals surface area contributed by atoms with Crippen LogP contribution in [-0.4, -0.2) is 42.8 Å². The molecule has 0 fully saturated rings. The summed E-state index contributed by atoms with van der Waals surface area (Å²) >= 11 is -0.0833. The Labute approximate surface area is 86.5 Å². The topological polar surface area (TPSA) is 80.3 Å². The zero-order valence-electron chi connectivity index (χ0n) is 4.44. The van der Waals surface area contributed by atoms with Crippen molar-refractivity contribution in [1.29, 1.82) is 0 Å². The molecule has 0 bridgehead atoms. The molecule has 0 saturated heterocycles. The molecule has 5 radical (unpaired) electrons. The zero-order valence-corrected chi connectivity index (χ0v) is 9.90. The summed E-state index contributed by atoms with van der Waals surface area (Å²) in [7, 11) is -5.64. The van der Waals surface area contributed by atoms with E-state index in [0.717, 1.165) is 0 Å². The molecule has 0 aromatic carbocycles. The molecule has 9 heavy (non-hydrogen) atoms. The van der Waals surface area contributed by atoms with E-state index in [0.29, 0.717) is 0 Å². The van der Waals surface area contributed by atoms with Gasteiger partial charge in [0.2, 0.25) is 0 Å². The summed E-state index contributed by atoms with van der Waals surface area (Å²) in [5.41, 5.74) is 0. The van der Waals surface area contributed by atoms with Crippen LogP contribution in [0.3, 0.4) is 0 Å². The summed E-state index contributed by atoms with van der Waals surface area (Å²) in [6.07, 6.45) is 0. The quantitative estimate of drug-likeness (QED) is 0.479. The van der Waals surface area contributed by atoms with Gasteiger partial charge < -0.3 is 9.79 Å². The van der Waals surface area contributed by atoms with Crippen molar-refractivity contribution in [1.82, 2.24) is 0 Å². The van der Waals surface area contributed by atoms with E-state index >= 15 is 0 Å². The fraction of sp³-hybridized carbons (Fsp3) is 0. The standard InChI is InChI=1S/Li.O4P2S.Sn/c;1-5(2)7-6(3)4;. The van der Waals surface area contributed by atoms with Gasteiger partial charge >= 0.3 is 25.5 Å². The summed E-state index contributed by atoms with van der Waals surface area (Å²) in [4.78, 5) is 18.9. The van der Waals surface area contributed by atoms with Crippen LogP contribution in [0.2, 0.25) is 0 Å². The second-order valence-electron chi connectivity index (χ2n) is 0.529. The van der Waals surface area contributed by atoms with Crippen LogP contribution in [0.15, 0.2) is 0 Å². The van der Waals surface area contributed by atoms with E-state index in [9.17, 15) is 18.9 Å². The molecule has 0 amide bonds. The molecule has 0 aliphatic rings. The Bertz CT molecular complexity index is 94.7. The van der Waals surface area contributed by atoms with Gasteiger partial charge in [-0.3, -0.25) is 0 Å². The molecule has 0 spiro atoms. The van der Waals surface area contributed by atoms with Crippen LogP contribution < -0.4 is 9.79 Å². The van der Waals surface area contributed by atoms with E-state index in [-0.39, 0.29) is 53.8 Å². The first kappa shape index (κ1) is 17.1. The van der Waals surface area contributed by atoms with Crippen molar-refractivity contribution >= 4 is 68.2 Å². The van der Waals surface area contributed by atoms with Gasteiger partial charge in [0, 0.05) is 42.8 Å². The van der Waals surface area contributed by atoms with Crippen LogP contribution in [0, 0.1) is 0 Å². The molecule has 9 heteroatoms. The van der Waals surface area contributed by atoms with Crippen LogP contribution in [0.4, 0.5) is 0 Å². The Morgan fingerprint density at radius 2 is 1.33 bits per heavy atom. The average molecular weight is 284 g/mol. The van der Waals surface area contributed by atoms with E-state index in [2.05, 4.69) is 0 Å². The summed E-state index contributed by atoms with van der Waals surface area (Å²) in [5.74, 6) is 0.